The monoisotopic (exact) mass is 273 g/mol. The van der Waals surface area contributed by atoms with E-state index >= 15 is 0 Å². The molecule has 0 aliphatic carbocycles. The van der Waals surface area contributed by atoms with E-state index in [1.807, 2.05) is 0 Å². The zero-order chi connectivity index (χ0) is 14.1. The van der Waals surface area contributed by atoms with Gasteiger partial charge in [0.05, 0.1) is 0 Å². The van der Waals surface area contributed by atoms with E-state index in [0.717, 1.165) is 19.0 Å². The number of rotatable bonds is 3. The second kappa shape index (κ2) is 5.63. The highest BCUT2D eigenvalue weighted by Crippen LogP contribution is 2.32. The molecule has 2 aliphatic heterocycles. The topological polar surface area (TPSA) is 21.1 Å². The van der Waals surface area contributed by atoms with Gasteiger partial charge in [0.25, 0.3) is 0 Å². The number of aromatic nitrogens is 2. The number of nitrogens with zero attached hydrogens (tertiary/aromatic N) is 3. The van der Waals surface area contributed by atoms with Crippen molar-refractivity contribution >= 4 is 0 Å². The van der Waals surface area contributed by atoms with E-state index in [0.29, 0.717) is 5.92 Å². The maximum absolute atomic E-state index is 4.78. The number of hydrogen-bond donors (Lipinski definition) is 0. The molecule has 1 unspecified atom stereocenters. The molecule has 0 spiro atoms. The lowest BCUT2D eigenvalue weighted by Gasteiger charge is -2.34. The standard InChI is InChI=1S/C17H27N3/c1-4-14-5-10-20-16(11-14)12-18-17(20)15-6-8-19(9-7-15)13(2)3/h12,14-15H,2,4-11H2,1,3H3. The van der Waals surface area contributed by atoms with Crippen LogP contribution < -0.4 is 0 Å². The maximum atomic E-state index is 4.78. The third kappa shape index (κ3) is 2.50. The second-order valence-electron chi connectivity index (χ2n) is 6.52. The molecule has 3 nitrogen and oxygen atoms in total. The molecule has 0 amide bonds. The summed E-state index contributed by atoms with van der Waals surface area (Å²) in [5.41, 5.74) is 2.68. The fourth-order valence-corrected chi connectivity index (χ4v) is 3.75. The zero-order valence-electron chi connectivity index (χ0n) is 12.9. The van der Waals surface area contributed by atoms with Gasteiger partial charge in [-0.3, -0.25) is 0 Å². The van der Waals surface area contributed by atoms with Crippen LogP contribution >= 0.6 is 0 Å². The lowest BCUT2D eigenvalue weighted by Crippen LogP contribution is -2.32. The molecule has 20 heavy (non-hydrogen) atoms. The first-order chi connectivity index (χ1) is 9.69. The summed E-state index contributed by atoms with van der Waals surface area (Å²) >= 11 is 0. The minimum atomic E-state index is 0.650. The van der Waals surface area contributed by atoms with Crippen molar-refractivity contribution in [2.24, 2.45) is 5.92 Å². The van der Waals surface area contributed by atoms with Gasteiger partial charge < -0.3 is 9.47 Å². The molecular formula is C17H27N3. The van der Waals surface area contributed by atoms with Crippen LogP contribution in [0.1, 0.15) is 57.0 Å². The highest BCUT2D eigenvalue weighted by Gasteiger charge is 2.27. The molecule has 0 N–H and O–H groups in total. The Kier molecular flexibility index (Phi) is 3.86. The van der Waals surface area contributed by atoms with E-state index < -0.39 is 0 Å². The molecule has 1 saturated heterocycles. The normalized spacial score (nSPS) is 23.7. The summed E-state index contributed by atoms with van der Waals surface area (Å²) in [5, 5.41) is 0. The van der Waals surface area contributed by atoms with E-state index in [2.05, 4.69) is 36.1 Å². The molecule has 110 valence electrons. The lowest BCUT2D eigenvalue weighted by atomic mass is 9.92. The van der Waals surface area contributed by atoms with Crippen molar-refractivity contribution in [2.45, 2.75) is 58.4 Å². The Labute approximate surface area is 122 Å². The molecule has 3 heterocycles. The molecule has 1 atom stereocenters. The van der Waals surface area contributed by atoms with Crippen molar-refractivity contribution in [3.63, 3.8) is 0 Å². The Morgan fingerprint density at radius 2 is 2.05 bits per heavy atom. The second-order valence-corrected chi connectivity index (χ2v) is 6.52. The summed E-state index contributed by atoms with van der Waals surface area (Å²) in [7, 11) is 0. The first-order valence-electron chi connectivity index (χ1n) is 8.13. The fraction of sp³-hybridized carbons (Fsp3) is 0.706. The lowest BCUT2D eigenvalue weighted by molar-refractivity contribution is 0.254. The molecule has 1 fully saturated rings. The number of piperidine rings is 1. The van der Waals surface area contributed by atoms with Gasteiger partial charge >= 0.3 is 0 Å². The van der Waals surface area contributed by atoms with E-state index in [-0.39, 0.29) is 0 Å². The average molecular weight is 273 g/mol. The number of likely N-dealkylation sites (tertiary alicyclic amines) is 1. The number of fused-ring (bicyclic) bond motifs is 1. The van der Waals surface area contributed by atoms with Gasteiger partial charge in [0.2, 0.25) is 0 Å². The molecule has 2 aliphatic rings. The van der Waals surface area contributed by atoms with Crippen LogP contribution in [0.15, 0.2) is 18.5 Å². The molecule has 1 aromatic rings. The van der Waals surface area contributed by atoms with Crippen molar-refractivity contribution in [1.29, 1.82) is 0 Å². The Morgan fingerprint density at radius 1 is 1.30 bits per heavy atom. The Hall–Kier alpha value is -1.25. The molecule has 3 heteroatoms. The van der Waals surface area contributed by atoms with Gasteiger partial charge in [-0.15, -0.1) is 0 Å². The van der Waals surface area contributed by atoms with Crippen molar-refractivity contribution in [3.8, 4) is 0 Å². The van der Waals surface area contributed by atoms with Gasteiger partial charge in [-0.2, -0.15) is 0 Å². The van der Waals surface area contributed by atoms with Crippen molar-refractivity contribution < 1.29 is 0 Å². The van der Waals surface area contributed by atoms with E-state index in [9.17, 15) is 0 Å². The van der Waals surface area contributed by atoms with Gasteiger partial charge in [0.15, 0.2) is 0 Å². The highest BCUT2D eigenvalue weighted by atomic mass is 15.1. The highest BCUT2D eigenvalue weighted by molar-refractivity contribution is 5.13. The summed E-state index contributed by atoms with van der Waals surface area (Å²) in [5.74, 6) is 2.88. The first kappa shape index (κ1) is 13.7. The Balaban J connectivity index is 1.70. The van der Waals surface area contributed by atoms with Gasteiger partial charge in [0, 0.05) is 43.1 Å². The smallest absolute Gasteiger partial charge is 0.112 e. The van der Waals surface area contributed by atoms with E-state index in [1.165, 1.54) is 55.9 Å². The SMILES string of the molecule is C=C(C)N1CCC(c2ncc3n2CCC(CC)C3)CC1. The third-order valence-electron chi connectivity index (χ3n) is 5.21. The van der Waals surface area contributed by atoms with Crippen LogP contribution in [-0.4, -0.2) is 27.5 Å². The third-order valence-corrected chi connectivity index (χ3v) is 5.21. The molecule has 0 bridgehead atoms. The van der Waals surface area contributed by atoms with Crippen LogP contribution in [0.3, 0.4) is 0 Å². The first-order valence-corrected chi connectivity index (χ1v) is 8.13. The molecule has 3 rings (SSSR count). The Morgan fingerprint density at radius 3 is 2.70 bits per heavy atom. The quantitative estimate of drug-likeness (QED) is 0.839. The molecule has 0 radical (unpaired) electrons. The van der Waals surface area contributed by atoms with E-state index in [1.54, 1.807) is 0 Å². The molecule has 0 aromatic carbocycles. The van der Waals surface area contributed by atoms with Crippen LogP contribution in [0, 0.1) is 5.92 Å². The van der Waals surface area contributed by atoms with Crippen molar-refractivity contribution in [1.82, 2.24) is 14.5 Å². The zero-order valence-corrected chi connectivity index (χ0v) is 12.9. The van der Waals surface area contributed by atoms with Gasteiger partial charge in [-0.1, -0.05) is 19.9 Å². The van der Waals surface area contributed by atoms with Crippen LogP contribution in [-0.2, 0) is 13.0 Å². The van der Waals surface area contributed by atoms with Crippen LogP contribution in [0.25, 0.3) is 0 Å². The van der Waals surface area contributed by atoms with Gasteiger partial charge in [0.1, 0.15) is 5.82 Å². The summed E-state index contributed by atoms with van der Waals surface area (Å²) < 4.78 is 2.52. The average Bonchev–Trinajstić information content (AvgIpc) is 2.90. The predicted molar refractivity (Wildman–Crippen MR) is 82.7 cm³/mol. The molecular weight excluding hydrogens is 246 g/mol. The number of hydrogen-bond acceptors (Lipinski definition) is 2. The summed E-state index contributed by atoms with van der Waals surface area (Å²) in [6, 6.07) is 0. The molecule has 0 saturated carbocycles. The number of allylic oxidation sites excluding steroid dienone is 1. The van der Waals surface area contributed by atoms with Crippen LogP contribution in [0.5, 0.6) is 0 Å². The molecule has 1 aromatic heterocycles. The largest absolute Gasteiger partial charge is 0.375 e. The summed E-state index contributed by atoms with van der Waals surface area (Å²) in [4.78, 5) is 7.19. The predicted octanol–water partition coefficient (Wildman–Crippen LogP) is 3.57. The maximum Gasteiger partial charge on any atom is 0.112 e. The fourth-order valence-electron chi connectivity index (χ4n) is 3.75. The van der Waals surface area contributed by atoms with Gasteiger partial charge in [-0.25, -0.2) is 4.98 Å². The van der Waals surface area contributed by atoms with Crippen molar-refractivity contribution in [3.05, 3.63) is 30.0 Å². The van der Waals surface area contributed by atoms with Crippen molar-refractivity contribution in [2.75, 3.05) is 13.1 Å². The minimum absolute atomic E-state index is 0.650. The minimum Gasteiger partial charge on any atom is -0.375 e. The van der Waals surface area contributed by atoms with Gasteiger partial charge in [-0.05, 0) is 38.5 Å². The summed E-state index contributed by atoms with van der Waals surface area (Å²) in [6.07, 6.45) is 8.45. The van der Waals surface area contributed by atoms with Crippen LogP contribution in [0.2, 0.25) is 0 Å². The van der Waals surface area contributed by atoms with E-state index in [4.69, 9.17) is 4.98 Å². The Bertz CT molecular complexity index is 480. The summed E-state index contributed by atoms with van der Waals surface area (Å²) in [6.45, 7) is 11.9. The van der Waals surface area contributed by atoms with Crippen LogP contribution in [0.4, 0.5) is 0 Å². The number of imidazole rings is 1.